The summed E-state index contributed by atoms with van der Waals surface area (Å²) in [5, 5.41) is 89.1. The molecule has 0 heterocycles. The van der Waals surface area contributed by atoms with Crippen LogP contribution < -0.4 is 0 Å². The van der Waals surface area contributed by atoms with Gasteiger partial charge in [0, 0.05) is 35.5 Å². The van der Waals surface area contributed by atoms with Crippen LogP contribution in [0.3, 0.4) is 0 Å². The molecule has 0 aromatic heterocycles. The van der Waals surface area contributed by atoms with Crippen LogP contribution >= 0.6 is 0 Å². The molecule has 9 N–H and O–H groups in total. The Bertz CT molecular complexity index is 4430. The Morgan fingerprint density at radius 2 is 0.417 bits per heavy atom. The molecule has 642 valence electrons. The molecular weight excluding hydrogens is 1490 g/mol. The third-order valence-electron chi connectivity index (χ3n) is 39.2. The van der Waals surface area contributed by atoms with Crippen molar-refractivity contribution in [3.63, 3.8) is 0 Å². The van der Waals surface area contributed by atoms with Gasteiger partial charge in [0.2, 0.25) is 0 Å². The molecule has 6 aromatic rings. The van der Waals surface area contributed by atoms with Crippen molar-refractivity contribution in [3.8, 4) is 34.5 Å². The molecule has 18 aliphatic rings. The van der Waals surface area contributed by atoms with E-state index < -0.39 is 0 Å². The number of aryl methyl sites for hydroxylation is 6. The summed E-state index contributed by atoms with van der Waals surface area (Å²) in [6, 6.07) is 35.6. The Hall–Kier alpha value is -6.99. The summed E-state index contributed by atoms with van der Waals surface area (Å²) in [5.41, 5.74) is 17.2. The van der Waals surface area contributed by atoms with Gasteiger partial charge in [-0.2, -0.15) is 0 Å². The zero-order valence-corrected chi connectivity index (χ0v) is 72.7. The summed E-state index contributed by atoms with van der Waals surface area (Å²) < 4.78 is 0. The van der Waals surface area contributed by atoms with E-state index in [0.29, 0.717) is 141 Å². The van der Waals surface area contributed by atoms with Crippen LogP contribution in [-0.4, -0.2) is 81.6 Å². The molecule has 12 nitrogen and oxygen atoms in total. The average Bonchev–Trinajstić information content (AvgIpc) is 1.57. The lowest BCUT2D eigenvalue weighted by Gasteiger charge is -2.50. The molecule has 18 aliphatic carbocycles. The average molecular weight is 1630 g/mol. The number of phenols is 6. The largest absolute Gasteiger partial charge is 0.508 e. The van der Waals surface area contributed by atoms with Crippen LogP contribution in [0.25, 0.3) is 0 Å². The molecule has 12 fully saturated rings. The van der Waals surface area contributed by atoms with Crippen LogP contribution in [0, 0.1) is 104 Å². The molecular formula is C108H138O12. The van der Waals surface area contributed by atoms with E-state index in [2.05, 4.69) is 77.9 Å². The molecule has 0 amide bonds. The van der Waals surface area contributed by atoms with Gasteiger partial charge in [0.1, 0.15) is 51.8 Å². The van der Waals surface area contributed by atoms with Crippen LogP contribution in [0.5, 0.6) is 34.5 Å². The molecule has 0 spiro atoms. The van der Waals surface area contributed by atoms with Gasteiger partial charge in [0.05, 0.1) is 18.3 Å². The second kappa shape index (κ2) is 31.6. The van der Waals surface area contributed by atoms with Gasteiger partial charge in [-0.1, -0.05) is 77.9 Å². The van der Waals surface area contributed by atoms with Crippen molar-refractivity contribution in [3.05, 3.63) is 176 Å². The van der Waals surface area contributed by atoms with Crippen LogP contribution in [-0.2, 0) is 52.9 Å². The summed E-state index contributed by atoms with van der Waals surface area (Å²) in [5.74, 6) is 15.8. The van der Waals surface area contributed by atoms with Gasteiger partial charge < -0.3 is 46.0 Å². The number of carbonyl (C=O) groups is 3. The van der Waals surface area contributed by atoms with Crippen molar-refractivity contribution in [2.24, 2.45) is 104 Å². The van der Waals surface area contributed by atoms with E-state index in [-0.39, 0.29) is 50.8 Å². The number of carbonyl (C=O) groups excluding carboxylic acids is 3. The van der Waals surface area contributed by atoms with E-state index in [9.17, 15) is 60.3 Å². The van der Waals surface area contributed by atoms with Gasteiger partial charge in [-0.15, -0.1) is 0 Å². The van der Waals surface area contributed by atoms with Crippen molar-refractivity contribution in [2.45, 2.75) is 327 Å². The fourth-order valence-electron chi connectivity index (χ4n) is 32.6. The van der Waals surface area contributed by atoms with Crippen LogP contribution in [0.2, 0.25) is 0 Å². The van der Waals surface area contributed by atoms with Gasteiger partial charge in [-0.25, -0.2) is 0 Å². The van der Waals surface area contributed by atoms with E-state index in [0.717, 1.165) is 172 Å². The van der Waals surface area contributed by atoms with Gasteiger partial charge in [0.25, 0.3) is 0 Å². The number of aromatic hydroxyl groups is 6. The third-order valence-corrected chi connectivity index (χ3v) is 39.2. The number of aliphatic hydroxyl groups excluding tert-OH is 3. The predicted molar refractivity (Wildman–Crippen MR) is 469 cm³/mol. The minimum absolute atomic E-state index is 0.0322. The Kier molecular flexibility index (Phi) is 21.8. The van der Waals surface area contributed by atoms with Crippen molar-refractivity contribution >= 4 is 17.3 Å². The second-order valence-electron chi connectivity index (χ2n) is 44.0. The summed E-state index contributed by atoms with van der Waals surface area (Å²) >= 11 is 0. The van der Waals surface area contributed by atoms with Gasteiger partial charge >= 0.3 is 0 Å². The maximum Gasteiger partial charge on any atom is 0.139 e. The molecule has 120 heavy (non-hydrogen) atoms. The second-order valence-corrected chi connectivity index (χ2v) is 44.0. The van der Waals surface area contributed by atoms with E-state index in [1.807, 2.05) is 72.8 Å². The predicted octanol–water partition coefficient (Wildman–Crippen LogP) is 22.3. The van der Waals surface area contributed by atoms with Crippen LogP contribution in [0.15, 0.2) is 109 Å². The third kappa shape index (κ3) is 13.9. The fraction of sp³-hybridized carbons (Fsp3) is 0.639. The minimum Gasteiger partial charge on any atom is -0.508 e. The standard InChI is InChI=1S/3C18H24O2.3C18H22O2/c6*1-18-9-8-14-13-5-3-12(19)10-11(13)2-4-15(14)16(18)6-7-17(18)20/h3*3,5,10,14-17,19-20H,2,4,6-9H2,1H3;3*3,5,10,14-16,19H,2,4,6-9H2,1H3/t3*14-,15-,16+,17+,18+;3*14-,15-,16+,18+/m111111/s1. The fourth-order valence-corrected chi connectivity index (χ4v) is 32.6. The highest BCUT2D eigenvalue weighted by Crippen LogP contribution is 2.68. The highest BCUT2D eigenvalue weighted by atomic mass is 16.3. The first kappa shape index (κ1) is 82.6. The normalized spacial score (nSPS) is 40.9. The number of hydrogen-bond acceptors (Lipinski definition) is 12. The summed E-state index contributed by atoms with van der Waals surface area (Å²) in [4.78, 5) is 36.8. The highest BCUT2D eigenvalue weighted by Gasteiger charge is 2.61. The van der Waals surface area contributed by atoms with E-state index in [4.69, 9.17) is 0 Å². The maximum atomic E-state index is 12.3. The van der Waals surface area contributed by atoms with Gasteiger partial charge in [-0.3, -0.25) is 14.4 Å². The number of hydrogen-bond donors (Lipinski definition) is 9. The van der Waals surface area contributed by atoms with Crippen LogP contribution in [0.1, 0.15) is 336 Å². The van der Waals surface area contributed by atoms with Crippen molar-refractivity contribution in [1.29, 1.82) is 0 Å². The molecule has 0 saturated heterocycles. The van der Waals surface area contributed by atoms with Crippen molar-refractivity contribution < 1.29 is 60.3 Å². The lowest BCUT2D eigenvalue weighted by Crippen LogP contribution is -2.43. The summed E-state index contributed by atoms with van der Waals surface area (Å²) in [6.07, 6.45) is 39.4. The Morgan fingerprint density at radius 1 is 0.225 bits per heavy atom. The quantitative estimate of drug-likeness (QED) is 0.0691. The number of Topliss-reactive ketones (excluding diaryl/α,β-unsaturated/α-hetero) is 3. The molecule has 12 heteroatoms. The van der Waals surface area contributed by atoms with E-state index in [1.165, 1.54) is 144 Å². The van der Waals surface area contributed by atoms with E-state index >= 15 is 0 Å². The zero-order valence-electron chi connectivity index (χ0n) is 72.7. The number of ketones is 3. The molecule has 0 aliphatic heterocycles. The highest BCUT2D eigenvalue weighted by molar-refractivity contribution is 5.88. The topological polar surface area (TPSA) is 233 Å². The first-order valence-electron chi connectivity index (χ1n) is 48.1. The summed E-state index contributed by atoms with van der Waals surface area (Å²) in [6.45, 7) is 13.6. The first-order valence-corrected chi connectivity index (χ1v) is 48.1. The number of fused-ring (bicyclic) bond motifs is 30. The molecule has 27 atom stereocenters. The van der Waals surface area contributed by atoms with Gasteiger partial charge in [0.15, 0.2) is 0 Å². The Balaban J connectivity index is 0.0000000952. The lowest BCUT2D eigenvalue weighted by molar-refractivity contribution is -0.130. The summed E-state index contributed by atoms with van der Waals surface area (Å²) in [7, 11) is 0. The minimum atomic E-state index is -0.0883. The zero-order chi connectivity index (χ0) is 83.4. The van der Waals surface area contributed by atoms with Crippen molar-refractivity contribution in [1.82, 2.24) is 0 Å². The van der Waals surface area contributed by atoms with E-state index in [1.54, 1.807) is 0 Å². The molecule has 0 unspecified atom stereocenters. The lowest BCUT2D eigenvalue weighted by atomic mass is 9.55. The Morgan fingerprint density at radius 3 is 0.625 bits per heavy atom. The molecule has 6 aromatic carbocycles. The monoisotopic (exact) mass is 1630 g/mol. The molecule has 24 rings (SSSR count). The Labute approximate surface area is 714 Å². The number of benzene rings is 6. The van der Waals surface area contributed by atoms with Crippen molar-refractivity contribution in [2.75, 3.05) is 0 Å². The number of phenolic OH excluding ortho intramolecular Hbond substituents is 6. The number of aliphatic hydroxyl groups is 3. The van der Waals surface area contributed by atoms with Crippen LogP contribution in [0.4, 0.5) is 0 Å². The first-order chi connectivity index (χ1) is 57.6. The SMILES string of the molecule is C[C@]12CC[C@@H]3c4ccc(O)cc4CC[C@H]3[C@@H]1CCC2=O.C[C@]12CC[C@@H]3c4ccc(O)cc4CC[C@H]3[C@@H]1CCC2=O.C[C@]12CC[C@@H]3c4ccc(O)cc4CC[C@H]3[C@@H]1CCC2=O.C[C@]12CC[C@@H]3c4ccc(O)cc4CC[C@H]3[C@@H]1CC[C@@H]2O.C[C@]12CC[C@@H]3c4ccc(O)cc4CC[C@H]3[C@@H]1CC[C@@H]2O.C[C@]12CC[C@@H]3c4ccc(O)cc4CC[C@H]3[C@@H]1CC[C@@H]2O. The maximum absolute atomic E-state index is 12.3. The molecule has 0 bridgehead atoms. The molecule has 12 saturated carbocycles. The number of rotatable bonds is 0. The smallest absolute Gasteiger partial charge is 0.139 e. The molecule has 0 radical (unpaired) electrons. The van der Waals surface area contributed by atoms with Gasteiger partial charge in [-0.05, 0) is 474 Å².